The molecule has 0 radical (unpaired) electrons. The Bertz CT molecular complexity index is 2060. The molecule has 3 aromatic carbocycles. The van der Waals surface area contributed by atoms with Crippen molar-refractivity contribution in [2.45, 2.75) is 13.0 Å². The number of rotatable bonds is 7. The van der Waals surface area contributed by atoms with Gasteiger partial charge in [0, 0.05) is 22.2 Å². The second-order valence-electron chi connectivity index (χ2n) is 9.53. The van der Waals surface area contributed by atoms with Crippen LogP contribution in [0.4, 0.5) is 0 Å². The number of benzene rings is 3. The van der Waals surface area contributed by atoms with Crippen molar-refractivity contribution >= 4 is 52.3 Å². The zero-order valence-electron chi connectivity index (χ0n) is 23.0. The lowest BCUT2D eigenvalue weighted by Gasteiger charge is -2.26. The second kappa shape index (κ2) is 12.1. The number of esters is 1. The van der Waals surface area contributed by atoms with Gasteiger partial charge in [0.15, 0.2) is 4.80 Å². The highest BCUT2D eigenvalue weighted by Gasteiger charge is 2.35. The van der Waals surface area contributed by atoms with Crippen molar-refractivity contribution in [2.24, 2.45) is 4.99 Å². The van der Waals surface area contributed by atoms with Crippen LogP contribution in [0, 0.1) is 0 Å². The Balaban J connectivity index is 1.57. The summed E-state index contributed by atoms with van der Waals surface area (Å²) in [6.45, 7) is 1.91. The van der Waals surface area contributed by atoms with Gasteiger partial charge in [-0.25, -0.2) is 9.79 Å². The minimum atomic E-state index is -0.817. The highest BCUT2D eigenvalue weighted by molar-refractivity contribution is 7.07. The maximum absolute atomic E-state index is 14.1. The van der Waals surface area contributed by atoms with Gasteiger partial charge < -0.3 is 13.9 Å². The van der Waals surface area contributed by atoms with E-state index < -0.39 is 12.0 Å². The van der Waals surface area contributed by atoms with Crippen LogP contribution in [0.5, 0.6) is 5.75 Å². The van der Waals surface area contributed by atoms with Crippen molar-refractivity contribution in [3.05, 3.63) is 137 Å². The smallest absolute Gasteiger partial charge is 0.338 e. The number of furan rings is 1. The molecule has 5 aromatic rings. The Hall–Kier alpha value is -4.37. The van der Waals surface area contributed by atoms with Crippen molar-refractivity contribution in [3.8, 4) is 17.1 Å². The molecule has 0 aliphatic carbocycles. The number of thiazole rings is 1. The number of methoxy groups -OCH3 is 1. The molecule has 0 fully saturated rings. The molecule has 10 heteroatoms. The Morgan fingerprint density at radius 1 is 1.05 bits per heavy atom. The minimum Gasteiger partial charge on any atom is -0.497 e. The molecule has 0 N–H and O–H groups in total. The predicted octanol–water partition coefficient (Wildman–Crippen LogP) is 6.51. The van der Waals surface area contributed by atoms with Crippen LogP contribution in [-0.4, -0.2) is 24.3 Å². The first-order chi connectivity index (χ1) is 20.9. The maximum atomic E-state index is 14.1. The first-order valence-corrected chi connectivity index (χ1v) is 14.9. The van der Waals surface area contributed by atoms with E-state index in [0.29, 0.717) is 53.5 Å². The molecule has 0 unspecified atom stereocenters. The Kier molecular flexibility index (Phi) is 8.08. The number of ether oxygens (including phenoxy) is 2. The molecule has 1 aliphatic heterocycles. The fraction of sp³-hybridized carbons (Fsp3) is 0.121. The van der Waals surface area contributed by atoms with Crippen molar-refractivity contribution in [3.63, 3.8) is 0 Å². The fourth-order valence-electron chi connectivity index (χ4n) is 4.96. The van der Waals surface area contributed by atoms with Crippen LogP contribution in [0.15, 0.2) is 105 Å². The van der Waals surface area contributed by atoms with Crippen LogP contribution in [-0.2, 0) is 9.53 Å². The van der Waals surface area contributed by atoms with Crippen molar-refractivity contribution in [1.29, 1.82) is 0 Å². The summed E-state index contributed by atoms with van der Waals surface area (Å²) in [4.78, 5) is 33.0. The van der Waals surface area contributed by atoms with Crippen LogP contribution < -0.4 is 19.6 Å². The summed E-state index contributed by atoms with van der Waals surface area (Å²) in [5.74, 6) is 1.02. The van der Waals surface area contributed by atoms with Gasteiger partial charge in [0.25, 0.3) is 5.56 Å². The zero-order valence-corrected chi connectivity index (χ0v) is 25.4. The summed E-state index contributed by atoms with van der Waals surface area (Å²) >= 11 is 13.6. The van der Waals surface area contributed by atoms with E-state index in [4.69, 9.17) is 42.1 Å². The molecule has 2 aromatic heterocycles. The monoisotopic (exact) mass is 630 g/mol. The lowest BCUT2D eigenvalue weighted by Crippen LogP contribution is -2.40. The summed E-state index contributed by atoms with van der Waals surface area (Å²) in [7, 11) is 1.57. The van der Waals surface area contributed by atoms with Crippen LogP contribution in [0.3, 0.4) is 0 Å². The summed E-state index contributed by atoms with van der Waals surface area (Å²) in [6.07, 6.45) is 1.66. The number of carbonyl (C=O) groups is 1. The first-order valence-electron chi connectivity index (χ1n) is 13.4. The second-order valence-corrected chi connectivity index (χ2v) is 11.4. The van der Waals surface area contributed by atoms with Gasteiger partial charge in [-0.1, -0.05) is 77.0 Å². The Morgan fingerprint density at radius 2 is 1.86 bits per heavy atom. The predicted molar refractivity (Wildman–Crippen MR) is 168 cm³/mol. The molecule has 3 heterocycles. The molecule has 6 rings (SSSR count). The lowest BCUT2D eigenvalue weighted by molar-refractivity contribution is -0.138. The maximum Gasteiger partial charge on any atom is 0.338 e. The van der Waals surface area contributed by atoms with Crippen molar-refractivity contribution in [2.75, 3.05) is 13.7 Å². The molecule has 0 saturated carbocycles. The first kappa shape index (κ1) is 28.7. The van der Waals surface area contributed by atoms with E-state index in [-0.39, 0.29) is 17.7 Å². The van der Waals surface area contributed by atoms with Gasteiger partial charge in [0.1, 0.15) is 17.3 Å². The quantitative estimate of drug-likeness (QED) is 0.191. The molecule has 0 amide bonds. The number of nitrogens with zero attached hydrogens (tertiary/aromatic N) is 2. The van der Waals surface area contributed by atoms with Crippen LogP contribution in [0.25, 0.3) is 23.1 Å². The third-order valence-corrected chi connectivity index (χ3v) is 8.41. The highest BCUT2D eigenvalue weighted by atomic mass is 35.5. The molecule has 0 saturated heterocycles. The number of fused-ring (bicyclic) bond motifs is 1. The Morgan fingerprint density at radius 3 is 2.60 bits per heavy atom. The van der Waals surface area contributed by atoms with Crippen molar-refractivity contribution in [1.82, 2.24) is 4.57 Å². The minimum absolute atomic E-state index is 0.165. The van der Waals surface area contributed by atoms with E-state index >= 15 is 0 Å². The van der Waals surface area contributed by atoms with E-state index in [1.807, 2.05) is 48.5 Å². The number of halogens is 2. The summed E-state index contributed by atoms with van der Waals surface area (Å²) in [5, 5.41) is 0.968. The van der Waals surface area contributed by atoms with Gasteiger partial charge in [-0.3, -0.25) is 9.36 Å². The molecule has 7 nitrogen and oxygen atoms in total. The largest absolute Gasteiger partial charge is 0.497 e. The van der Waals surface area contributed by atoms with Crippen LogP contribution in [0.1, 0.15) is 29.9 Å². The van der Waals surface area contributed by atoms with Gasteiger partial charge in [0.05, 0.1) is 40.6 Å². The normalized spacial score (nSPS) is 14.8. The van der Waals surface area contributed by atoms with Gasteiger partial charge in [-0.05, 0) is 55.0 Å². The molecule has 1 atom stereocenters. The van der Waals surface area contributed by atoms with E-state index in [1.165, 1.54) is 15.9 Å². The summed E-state index contributed by atoms with van der Waals surface area (Å²) < 4.78 is 19.0. The fourth-order valence-corrected chi connectivity index (χ4v) is 6.44. The summed E-state index contributed by atoms with van der Waals surface area (Å²) in [5.41, 5.74) is 2.46. The van der Waals surface area contributed by atoms with Gasteiger partial charge in [-0.2, -0.15) is 0 Å². The molecule has 43 heavy (non-hydrogen) atoms. The number of aromatic nitrogens is 1. The van der Waals surface area contributed by atoms with Crippen LogP contribution in [0.2, 0.25) is 10.0 Å². The number of hydrogen-bond acceptors (Lipinski definition) is 7. The number of hydrogen-bond donors (Lipinski definition) is 0. The van der Waals surface area contributed by atoms with Crippen LogP contribution >= 0.6 is 34.5 Å². The standard InChI is InChI=1S/C33H24Cl2N2O5S/c1-3-41-32(39)28-29(19-8-5-4-6-9-19)36-33-37(30(28)20-10-7-11-22(16-20)40-2)31(38)27(43-33)18-23-13-15-26(42-23)24-14-12-21(34)17-25(24)35/h4-18,30H,3H2,1-2H3/b27-18-/t30-/m1/s1. The third kappa shape index (κ3) is 5.57. The van der Waals surface area contributed by atoms with Gasteiger partial charge >= 0.3 is 5.97 Å². The molecular weight excluding hydrogens is 607 g/mol. The molecule has 1 aliphatic rings. The molecule has 0 spiro atoms. The molecule has 0 bridgehead atoms. The molecular formula is C33H24Cl2N2O5S. The van der Waals surface area contributed by atoms with E-state index in [0.717, 1.165) is 5.56 Å². The SMILES string of the molecule is CCOC(=O)C1=C(c2ccccc2)N=c2s/c(=C\c3ccc(-c4ccc(Cl)cc4Cl)o3)c(=O)n2[C@@H]1c1cccc(OC)c1. The Labute approximate surface area is 260 Å². The van der Waals surface area contributed by atoms with Gasteiger partial charge in [-0.15, -0.1) is 0 Å². The average molecular weight is 632 g/mol. The van der Waals surface area contributed by atoms with E-state index in [1.54, 1.807) is 56.5 Å². The van der Waals surface area contributed by atoms with E-state index in [2.05, 4.69) is 0 Å². The average Bonchev–Trinajstić information content (AvgIpc) is 3.60. The number of carbonyl (C=O) groups excluding carboxylic acids is 1. The zero-order chi connectivity index (χ0) is 30.1. The molecule has 216 valence electrons. The summed E-state index contributed by atoms with van der Waals surface area (Å²) in [6, 6.07) is 24.5. The third-order valence-electron chi connectivity index (χ3n) is 6.88. The lowest BCUT2D eigenvalue weighted by atomic mass is 9.93. The topological polar surface area (TPSA) is 83.0 Å². The van der Waals surface area contributed by atoms with Crippen molar-refractivity contribution < 1.29 is 18.7 Å². The van der Waals surface area contributed by atoms with Gasteiger partial charge in [0.2, 0.25) is 0 Å². The highest BCUT2D eigenvalue weighted by Crippen LogP contribution is 2.36. The van der Waals surface area contributed by atoms with E-state index in [9.17, 15) is 9.59 Å².